The van der Waals surface area contributed by atoms with Crippen LogP contribution in [0.4, 0.5) is 4.39 Å². The minimum Gasteiger partial charge on any atom is -0.495 e. The predicted molar refractivity (Wildman–Crippen MR) is 95.5 cm³/mol. The van der Waals surface area contributed by atoms with Gasteiger partial charge in [-0.3, -0.25) is 0 Å². The number of rotatable bonds is 7. The molecule has 0 saturated carbocycles. The van der Waals surface area contributed by atoms with Gasteiger partial charge < -0.3 is 24.3 Å². The number of fused-ring (bicyclic) bond motifs is 1. The van der Waals surface area contributed by atoms with Crippen molar-refractivity contribution in [2.45, 2.75) is 6.10 Å². The van der Waals surface area contributed by atoms with E-state index in [4.69, 9.17) is 30.9 Å². The van der Waals surface area contributed by atoms with Crippen LogP contribution in [0.15, 0.2) is 30.6 Å². The van der Waals surface area contributed by atoms with Gasteiger partial charge in [0.25, 0.3) is 0 Å². The Morgan fingerprint density at radius 2 is 2.15 bits per heavy atom. The lowest BCUT2D eigenvalue weighted by molar-refractivity contribution is 0.133. The molecule has 0 bridgehead atoms. The van der Waals surface area contributed by atoms with Crippen molar-refractivity contribution in [3.05, 3.63) is 52.6 Å². The molecule has 1 aromatic carbocycles. The summed E-state index contributed by atoms with van der Waals surface area (Å²) in [6.45, 7) is -0.124. The van der Waals surface area contributed by atoms with Gasteiger partial charge >= 0.3 is 0 Å². The first-order chi connectivity index (χ1) is 12.6. The van der Waals surface area contributed by atoms with E-state index in [2.05, 4.69) is 9.97 Å². The summed E-state index contributed by atoms with van der Waals surface area (Å²) >= 11 is 6.37. The van der Waals surface area contributed by atoms with Crippen molar-refractivity contribution >= 4 is 22.6 Å². The molecular formula is C18H18ClFN2O4. The Labute approximate surface area is 154 Å². The molecule has 0 aliphatic heterocycles. The fourth-order valence-electron chi connectivity index (χ4n) is 2.79. The highest BCUT2D eigenvalue weighted by Gasteiger charge is 2.26. The molecule has 0 aliphatic rings. The molecule has 0 amide bonds. The van der Waals surface area contributed by atoms with Crippen LogP contribution in [-0.4, -0.2) is 42.5 Å². The number of nitrogens with zero attached hydrogens (tertiary/aromatic N) is 1. The van der Waals surface area contributed by atoms with E-state index in [1.807, 2.05) is 0 Å². The first kappa shape index (κ1) is 18.4. The van der Waals surface area contributed by atoms with Crippen LogP contribution in [0.25, 0.3) is 11.0 Å². The van der Waals surface area contributed by atoms with E-state index in [0.717, 1.165) is 5.39 Å². The Hall–Kier alpha value is -2.35. The standard InChI is InChI=1S/C18H18ClFN2O4/c1-24-10-7-11-12(9-22-18(11)21-8-10)17(25-2)15-13(20)3-4-14(16(15)19)26-6-5-23/h3-4,7-9,17,23H,5-6H2,1-2H3,(H,21,22). The summed E-state index contributed by atoms with van der Waals surface area (Å²) in [4.78, 5) is 7.31. The molecule has 3 aromatic rings. The monoisotopic (exact) mass is 380 g/mol. The fraction of sp³-hybridized carbons (Fsp3) is 0.278. The number of aromatic nitrogens is 2. The highest BCUT2D eigenvalue weighted by atomic mass is 35.5. The molecule has 0 radical (unpaired) electrons. The zero-order valence-corrected chi connectivity index (χ0v) is 15.0. The van der Waals surface area contributed by atoms with E-state index in [9.17, 15) is 4.39 Å². The predicted octanol–water partition coefficient (Wildman–Crippen LogP) is 3.47. The molecule has 0 spiro atoms. The number of aromatic amines is 1. The number of ether oxygens (including phenoxy) is 3. The summed E-state index contributed by atoms with van der Waals surface area (Å²) < 4.78 is 30.8. The third-order valence-electron chi connectivity index (χ3n) is 3.99. The van der Waals surface area contributed by atoms with E-state index >= 15 is 0 Å². The number of aliphatic hydroxyl groups excluding tert-OH is 1. The number of nitrogens with one attached hydrogen (secondary N) is 1. The van der Waals surface area contributed by atoms with Crippen molar-refractivity contribution in [1.29, 1.82) is 0 Å². The number of H-pyrrole nitrogens is 1. The second-order valence-corrected chi connectivity index (χ2v) is 5.85. The van der Waals surface area contributed by atoms with Gasteiger partial charge in [-0.2, -0.15) is 0 Å². The van der Waals surface area contributed by atoms with Crippen molar-refractivity contribution in [1.82, 2.24) is 9.97 Å². The summed E-state index contributed by atoms with van der Waals surface area (Å²) in [6, 6.07) is 4.47. The third kappa shape index (κ3) is 3.33. The number of hydrogen-bond donors (Lipinski definition) is 2. The molecule has 1 atom stereocenters. The summed E-state index contributed by atoms with van der Waals surface area (Å²) in [5.41, 5.74) is 1.43. The lowest BCUT2D eigenvalue weighted by Crippen LogP contribution is -2.09. The zero-order chi connectivity index (χ0) is 18.7. The van der Waals surface area contributed by atoms with Crippen LogP contribution in [0.3, 0.4) is 0 Å². The van der Waals surface area contributed by atoms with Gasteiger partial charge in [-0.15, -0.1) is 0 Å². The third-order valence-corrected chi connectivity index (χ3v) is 4.38. The minimum atomic E-state index is -0.789. The first-order valence-corrected chi connectivity index (χ1v) is 8.23. The van der Waals surface area contributed by atoms with Crippen LogP contribution in [-0.2, 0) is 4.74 Å². The molecule has 26 heavy (non-hydrogen) atoms. The van der Waals surface area contributed by atoms with Gasteiger partial charge in [-0.25, -0.2) is 9.37 Å². The maximum atomic E-state index is 14.6. The topological polar surface area (TPSA) is 76.6 Å². The van der Waals surface area contributed by atoms with Crippen LogP contribution < -0.4 is 9.47 Å². The van der Waals surface area contributed by atoms with Gasteiger partial charge in [-0.1, -0.05) is 11.6 Å². The summed E-state index contributed by atoms with van der Waals surface area (Å²) in [5, 5.41) is 9.75. The van der Waals surface area contributed by atoms with Crippen LogP contribution in [0, 0.1) is 5.82 Å². The maximum absolute atomic E-state index is 14.6. The molecule has 2 N–H and O–H groups in total. The molecule has 8 heteroatoms. The van der Waals surface area contributed by atoms with Crippen LogP contribution >= 0.6 is 11.6 Å². The minimum absolute atomic E-state index is 0.0522. The van der Waals surface area contributed by atoms with E-state index in [1.165, 1.54) is 19.2 Å². The van der Waals surface area contributed by atoms with Crippen LogP contribution in [0.1, 0.15) is 17.2 Å². The number of benzene rings is 1. The molecular weight excluding hydrogens is 363 g/mol. The fourth-order valence-corrected chi connectivity index (χ4v) is 3.10. The normalized spacial score (nSPS) is 12.3. The zero-order valence-electron chi connectivity index (χ0n) is 14.3. The molecule has 138 valence electrons. The van der Waals surface area contributed by atoms with E-state index in [0.29, 0.717) is 17.0 Å². The highest BCUT2D eigenvalue weighted by Crippen LogP contribution is 2.40. The quantitative estimate of drug-likeness (QED) is 0.656. The Morgan fingerprint density at radius 3 is 2.85 bits per heavy atom. The van der Waals surface area contributed by atoms with Gasteiger partial charge in [0.2, 0.25) is 0 Å². The van der Waals surface area contributed by atoms with Crippen LogP contribution in [0.5, 0.6) is 11.5 Å². The summed E-state index contributed by atoms with van der Waals surface area (Å²) in [7, 11) is 3.01. The van der Waals surface area contributed by atoms with Gasteiger partial charge in [-0.05, 0) is 18.2 Å². The number of hydrogen-bond acceptors (Lipinski definition) is 5. The molecule has 0 saturated heterocycles. The first-order valence-electron chi connectivity index (χ1n) is 7.86. The second-order valence-electron chi connectivity index (χ2n) is 5.48. The summed E-state index contributed by atoms with van der Waals surface area (Å²) in [6.07, 6.45) is 2.49. The Morgan fingerprint density at radius 1 is 1.35 bits per heavy atom. The van der Waals surface area contributed by atoms with Crippen LogP contribution in [0.2, 0.25) is 5.02 Å². The van der Waals surface area contributed by atoms with Crippen molar-refractivity contribution in [2.24, 2.45) is 0 Å². The molecule has 2 heterocycles. The van der Waals surface area contributed by atoms with Crippen molar-refractivity contribution in [2.75, 3.05) is 27.4 Å². The van der Waals surface area contributed by atoms with E-state index in [-0.39, 0.29) is 29.5 Å². The molecule has 2 aromatic heterocycles. The number of pyridine rings is 1. The molecule has 0 fully saturated rings. The van der Waals surface area contributed by atoms with Gasteiger partial charge in [0.1, 0.15) is 35.7 Å². The highest BCUT2D eigenvalue weighted by molar-refractivity contribution is 6.33. The molecule has 3 rings (SSSR count). The summed E-state index contributed by atoms with van der Waals surface area (Å²) in [5.74, 6) is 0.318. The number of halogens is 2. The molecule has 6 nitrogen and oxygen atoms in total. The number of methoxy groups -OCH3 is 2. The van der Waals surface area contributed by atoms with Crippen molar-refractivity contribution in [3.63, 3.8) is 0 Å². The lowest BCUT2D eigenvalue weighted by atomic mass is 10.00. The van der Waals surface area contributed by atoms with E-state index in [1.54, 1.807) is 25.6 Å². The Bertz CT molecular complexity index is 916. The van der Waals surface area contributed by atoms with Crippen molar-refractivity contribution in [3.8, 4) is 11.5 Å². The van der Waals surface area contributed by atoms with E-state index < -0.39 is 11.9 Å². The Kier molecular flexibility index (Phi) is 5.61. The van der Waals surface area contributed by atoms with Gasteiger partial charge in [0.05, 0.1) is 24.9 Å². The van der Waals surface area contributed by atoms with Gasteiger partial charge in [0.15, 0.2) is 0 Å². The molecule has 0 aliphatic carbocycles. The lowest BCUT2D eigenvalue weighted by Gasteiger charge is -2.19. The average molecular weight is 381 g/mol. The largest absolute Gasteiger partial charge is 0.495 e. The Balaban J connectivity index is 2.12. The average Bonchev–Trinajstić information content (AvgIpc) is 3.07. The second kappa shape index (κ2) is 7.90. The maximum Gasteiger partial charge on any atom is 0.138 e. The SMILES string of the molecule is COc1cnc2[nH]cc(C(OC)c3c(F)ccc(OCCO)c3Cl)c2c1. The number of aliphatic hydroxyl groups is 1. The van der Waals surface area contributed by atoms with Gasteiger partial charge in [0, 0.05) is 29.8 Å². The van der Waals surface area contributed by atoms with Crippen molar-refractivity contribution < 1.29 is 23.7 Å². The molecule has 1 unspecified atom stereocenters. The smallest absolute Gasteiger partial charge is 0.138 e.